The number of nitrogens with one attached hydrogen (secondary N) is 1. The van der Waals surface area contributed by atoms with Crippen molar-refractivity contribution in [2.75, 3.05) is 19.7 Å². The van der Waals surface area contributed by atoms with Gasteiger partial charge in [0.25, 0.3) is 0 Å². The van der Waals surface area contributed by atoms with Crippen LogP contribution in [0.2, 0.25) is 0 Å². The van der Waals surface area contributed by atoms with Crippen LogP contribution in [0, 0.1) is 0 Å². The predicted octanol–water partition coefficient (Wildman–Crippen LogP) is -6.00. The third kappa shape index (κ3) is 5.49. The van der Waals surface area contributed by atoms with Gasteiger partial charge in [-0.05, 0) is 13.0 Å². The van der Waals surface area contributed by atoms with Crippen molar-refractivity contribution in [2.45, 2.75) is 99.0 Å². The van der Waals surface area contributed by atoms with E-state index < -0.39 is 92.2 Å². The molecule has 33 heavy (non-hydrogen) atoms. The summed E-state index contributed by atoms with van der Waals surface area (Å²) in [6, 6.07) is -2.36. The molecule has 14 atom stereocenters. The molecule has 0 spiro atoms. The van der Waals surface area contributed by atoms with Crippen molar-refractivity contribution < 1.29 is 49.6 Å². The summed E-state index contributed by atoms with van der Waals surface area (Å²) in [5.41, 5.74) is 17.9. The van der Waals surface area contributed by atoms with E-state index in [2.05, 4.69) is 5.32 Å². The lowest BCUT2D eigenvalue weighted by Gasteiger charge is -2.48. The Morgan fingerprint density at radius 3 is 2.00 bits per heavy atom. The Morgan fingerprint density at radius 1 is 0.818 bits per heavy atom. The van der Waals surface area contributed by atoms with Crippen molar-refractivity contribution >= 4 is 0 Å². The van der Waals surface area contributed by atoms with E-state index in [1.165, 1.54) is 0 Å². The van der Waals surface area contributed by atoms with E-state index >= 15 is 0 Å². The lowest BCUT2D eigenvalue weighted by atomic mass is 9.84. The second-order valence-corrected chi connectivity index (χ2v) is 8.81. The monoisotopic (exact) mass is 482 g/mol. The topological polar surface area (TPSA) is 248 Å². The predicted molar refractivity (Wildman–Crippen MR) is 111 cm³/mol. The number of nitrogens with two attached hydrogens (primary N) is 3. The highest BCUT2D eigenvalue weighted by atomic mass is 16.7. The van der Waals surface area contributed by atoms with Gasteiger partial charge < -0.3 is 72.1 Å². The summed E-state index contributed by atoms with van der Waals surface area (Å²) in [6.45, 7) is 1.60. The summed E-state index contributed by atoms with van der Waals surface area (Å²) in [6.07, 6.45) is -13.2. The fraction of sp³-hybridized carbons (Fsp3) is 1.00. The normalized spacial score (nSPS) is 51.1. The highest BCUT2D eigenvalue weighted by Gasteiger charge is 2.52. The fourth-order valence-electron chi connectivity index (χ4n) is 4.59. The minimum absolute atomic E-state index is 0.0797. The largest absolute Gasteiger partial charge is 0.394 e. The maximum Gasteiger partial charge on any atom is 0.187 e. The van der Waals surface area contributed by atoms with Crippen molar-refractivity contribution in [2.24, 2.45) is 17.2 Å². The molecule has 3 rings (SSSR count). The summed E-state index contributed by atoms with van der Waals surface area (Å²) in [5, 5.41) is 64.2. The molecule has 14 heteroatoms. The molecule has 0 aromatic carbocycles. The minimum Gasteiger partial charge on any atom is -0.394 e. The zero-order valence-electron chi connectivity index (χ0n) is 18.5. The molecule has 13 N–H and O–H groups in total. The Labute approximate surface area is 191 Å². The van der Waals surface area contributed by atoms with E-state index in [0.717, 1.165) is 0 Å². The summed E-state index contributed by atoms with van der Waals surface area (Å²) in [7, 11) is 0. The molecular formula is C19H38N4O10. The van der Waals surface area contributed by atoms with E-state index in [1.807, 2.05) is 0 Å². The van der Waals surface area contributed by atoms with Crippen LogP contribution in [0.5, 0.6) is 0 Å². The molecule has 14 nitrogen and oxygen atoms in total. The van der Waals surface area contributed by atoms with E-state index in [0.29, 0.717) is 6.54 Å². The average Bonchev–Trinajstić information content (AvgIpc) is 3.06. The van der Waals surface area contributed by atoms with Crippen LogP contribution in [-0.2, 0) is 18.9 Å². The number of hydrogen-bond donors (Lipinski definition) is 10. The van der Waals surface area contributed by atoms with Gasteiger partial charge in [-0.25, -0.2) is 0 Å². The molecular weight excluding hydrogens is 444 g/mol. The van der Waals surface area contributed by atoms with Gasteiger partial charge in [0.2, 0.25) is 0 Å². The van der Waals surface area contributed by atoms with Gasteiger partial charge >= 0.3 is 0 Å². The Balaban J connectivity index is 1.81. The quantitative estimate of drug-likeness (QED) is 0.155. The Kier molecular flexibility index (Phi) is 9.38. The van der Waals surface area contributed by atoms with Crippen LogP contribution in [0.25, 0.3) is 0 Å². The molecule has 2 aliphatic heterocycles. The van der Waals surface area contributed by atoms with E-state index in [-0.39, 0.29) is 13.0 Å². The molecule has 194 valence electrons. The first-order valence-electron chi connectivity index (χ1n) is 11.2. The van der Waals surface area contributed by atoms with Gasteiger partial charge in [0.05, 0.1) is 18.8 Å². The Bertz CT molecular complexity index is 623. The van der Waals surface area contributed by atoms with Crippen LogP contribution in [0.3, 0.4) is 0 Å². The summed E-state index contributed by atoms with van der Waals surface area (Å²) < 4.78 is 23.0. The van der Waals surface area contributed by atoms with Crippen LogP contribution in [-0.4, -0.2) is 136 Å². The molecule has 0 radical (unpaired) electrons. The van der Waals surface area contributed by atoms with Crippen molar-refractivity contribution in [3.05, 3.63) is 0 Å². The van der Waals surface area contributed by atoms with Crippen molar-refractivity contribution in [3.63, 3.8) is 0 Å². The standard InChI is InChI=1S/C19H38N4O10/c1-2-23-10-14(28)12(26)8(4-20)30-18(10)32-16-7(22)3-6(21)11(25)17(16)33-19-15(29)13(27)9(5-24)31-19/h6-19,23-29H,2-5,20-22H2,1H3/t6?,7?,8?,9-,10?,11-,12-,13+,14-,15?,16?,17-,18-,19+/m1/s1. The maximum absolute atomic E-state index is 10.8. The maximum atomic E-state index is 10.8. The van der Waals surface area contributed by atoms with Crippen molar-refractivity contribution in [1.29, 1.82) is 0 Å². The van der Waals surface area contributed by atoms with E-state index in [4.69, 9.17) is 36.1 Å². The number of hydrogen-bond acceptors (Lipinski definition) is 14. The summed E-state index contributed by atoms with van der Waals surface area (Å²) in [5.74, 6) is 0. The fourth-order valence-corrected chi connectivity index (χ4v) is 4.59. The third-order valence-corrected chi connectivity index (χ3v) is 6.52. The van der Waals surface area contributed by atoms with Crippen LogP contribution in [0.4, 0.5) is 0 Å². The van der Waals surface area contributed by atoms with Gasteiger partial charge in [-0.15, -0.1) is 0 Å². The van der Waals surface area contributed by atoms with E-state index in [9.17, 15) is 30.6 Å². The van der Waals surface area contributed by atoms with E-state index in [1.54, 1.807) is 6.92 Å². The Morgan fingerprint density at radius 2 is 1.42 bits per heavy atom. The molecule has 3 aliphatic rings. The van der Waals surface area contributed by atoms with Crippen molar-refractivity contribution in [3.8, 4) is 0 Å². The molecule has 0 amide bonds. The molecule has 1 saturated carbocycles. The lowest BCUT2D eigenvalue weighted by Crippen LogP contribution is -2.68. The third-order valence-electron chi connectivity index (χ3n) is 6.52. The highest BCUT2D eigenvalue weighted by molar-refractivity contribution is 5.01. The van der Waals surface area contributed by atoms with Gasteiger partial charge in [0.1, 0.15) is 48.8 Å². The van der Waals surface area contributed by atoms with Gasteiger partial charge in [-0.1, -0.05) is 6.92 Å². The minimum atomic E-state index is -1.50. The summed E-state index contributed by atoms with van der Waals surface area (Å²) in [4.78, 5) is 0. The van der Waals surface area contributed by atoms with Gasteiger partial charge in [-0.2, -0.15) is 0 Å². The molecule has 0 bridgehead atoms. The molecule has 6 unspecified atom stereocenters. The number of likely N-dealkylation sites (N-methyl/N-ethyl adjacent to an activating group) is 1. The number of rotatable bonds is 8. The first-order valence-corrected chi connectivity index (χ1v) is 11.2. The second-order valence-electron chi connectivity index (χ2n) is 8.81. The van der Waals surface area contributed by atoms with Gasteiger partial charge in [0, 0.05) is 18.6 Å². The van der Waals surface area contributed by atoms with Crippen LogP contribution in [0.1, 0.15) is 13.3 Å². The zero-order valence-corrected chi connectivity index (χ0v) is 18.5. The molecule has 0 aromatic rings. The van der Waals surface area contributed by atoms with Gasteiger partial charge in [0.15, 0.2) is 12.6 Å². The van der Waals surface area contributed by atoms with Gasteiger partial charge in [-0.3, -0.25) is 0 Å². The zero-order chi connectivity index (χ0) is 24.4. The highest BCUT2D eigenvalue weighted by Crippen LogP contribution is 2.32. The molecule has 0 aromatic heterocycles. The number of aliphatic hydroxyl groups excluding tert-OH is 6. The van der Waals surface area contributed by atoms with Crippen LogP contribution in [0.15, 0.2) is 0 Å². The molecule has 3 fully saturated rings. The molecule has 1 aliphatic carbocycles. The summed E-state index contributed by atoms with van der Waals surface area (Å²) >= 11 is 0. The van der Waals surface area contributed by atoms with Crippen LogP contribution < -0.4 is 22.5 Å². The SMILES string of the molecule is CCNC1[C@@H](OC2C(N)CC(N)[C@@H](O)[C@H]2O[C@@H]2O[C@H](CO)[C@H](O)C2O)OC(CN)[C@@H](O)[C@@H]1O. The van der Waals surface area contributed by atoms with Crippen LogP contribution >= 0.6 is 0 Å². The lowest BCUT2D eigenvalue weighted by molar-refractivity contribution is -0.309. The first-order chi connectivity index (χ1) is 15.6. The number of ether oxygens (including phenoxy) is 4. The molecule has 2 heterocycles. The first kappa shape index (κ1) is 27.0. The smallest absolute Gasteiger partial charge is 0.187 e. The van der Waals surface area contributed by atoms with Crippen molar-refractivity contribution in [1.82, 2.24) is 5.32 Å². The Hall–Kier alpha value is -0.560. The average molecular weight is 483 g/mol. The number of aliphatic hydroxyl groups is 6. The second kappa shape index (κ2) is 11.5. The molecule has 2 saturated heterocycles.